The van der Waals surface area contributed by atoms with Crippen molar-refractivity contribution >= 4 is 36.0 Å². The Bertz CT molecular complexity index is 910. The Morgan fingerprint density at radius 1 is 0.828 bits per heavy atom. The van der Waals surface area contributed by atoms with Crippen molar-refractivity contribution in [2.24, 2.45) is 4.40 Å². The summed E-state index contributed by atoms with van der Waals surface area (Å²) >= 11 is 0. The molecule has 0 amide bonds. The fourth-order valence-corrected chi connectivity index (χ4v) is 3.21. The average Bonchev–Trinajstić information content (AvgIpc) is 2.59. The Morgan fingerprint density at radius 2 is 1.24 bits per heavy atom. The number of carbonyl (C=O) groups is 1. The van der Waals surface area contributed by atoms with E-state index in [4.69, 9.17) is 0 Å². The van der Waals surface area contributed by atoms with E-state index in [1.54, 1.807) is 6.92 Å². The zero-order valence-corrected chi connectivity index (χ0v) is 21.0. The van der Waals surface area contributed by atoms with Crippen LogP contribution >= 0.6 is 13.5 Å². The first kappa shape index (κ1) is 27.3. The molecular formula is C24H35NO2S2. The van der Waals surface area contributed by atoms with Gasteiger partial charge in [-0.1, -0.05) is 36.4 Å². The summed E-state index contributed by atoms with van der Waals surface area (Å²) in [4.78, 5) is 11.0. The summed E-state index contributed by atoms with van der Waals surface area (Å²) in [6, 6.07) is 11.9. The molecule has 0 N–H and O–H groups in total. The van der Waals surface area contributed by atoms with Crippen LogP contribution in [0.15, 0.2) is 40.8 Å². The molecule has 0 aliphatic carbocycles. The first-order valence-electron chi connectivity index (χ1n) is 9.47. The number of nitrogens with zero attached hydrogens (tertiary/aromatic N) is 1. The Balaban J connectivity index is 0.000000568. The molecule has 0 unspecified atom stereocenters. The Morgan fingerprint density at radius 3 is 1.62 bits per heavy atom. The van der Waals surface area contributed by atoms with Gasteiger partial charge in [-0.05, 0) is 90.1 Å². The highest BCUT2D eigenvalue weighted by atomic mass is 32.2. The van der Waals surface area contributed by atoms with Gasteiger partial charge >= 0.3 is 0 Å². The van der Waals surface area contributed by atoms with E-state index in [1.807, 2.05) is 71.9 Å². The molecule has 0 heterocycles. The lowest BCUT2D eigenvalue weighted by molar-refractivity contribution is 0.101. The van der Waals surface area contributed by atoms with Gasteiger partial charge in [-0.15, -0.1) is 0 Å². The minimum atomic E-state index is -1.19. The van der Waals surface area contributed by atoms with Crippen LogP contribution in [0.3, 0.4) is 0 Å². The maximum Gasteiger partial charge on any atom is 0.160 e. The molecule has 0 saturated heterocycles. The monoisotopic (exact) mass is 433 g/mol. The van der Waals surface area contributed by atoms with Crippen molar-refractivity contribution in [3.63, 3.8) is 0 Å². The molecule has 0 bridgehead atoms. The Kier molecular flexibility index (Phi) is 10.8. The van der Waals surface area contributed by atoms with Gasteiger partial charge in [-0.2, -0.15) is 17.9 Å². The second kappa shape index (κ2) is 11.5. The fourth-order valence-electron chi connectivity index (χ4n) is 2.59. The van der Waals surface area contributed by atoms with Crippen molar-refractivity contribution in [3.8, 4) is 0 Å². The van der Waals surface area contributed by atoms with Crippen molar-refractivity contribution in [2.45, 2.75) is 67.1 Å². The van der Waals surface area contributed by atoms with E-state index >= 15 is 0 Å². The van der Waals surface area contributed by atoms with Gasteiger partial charge in [0, 0.05) is 5.56 Å². The summed E-state index contributed by atoms with van der Waals surface area (Å²) < 4.78 is 16.0. The minimum Gasteiger partial charge on any atom is -0.295 e. The van der Waals surface area contributed by atoms with Gasteiger partial charge in [0.05, 0.1) is 10.5 Å². The zero-order valence-electron chi connectivity index (χ0n) is 19.1. The summed E-state index contributed by atoms with van der Waals surface area (Å²) in [5.41, 5.74) is 7.49. The Hall–Kier alpha value is -1.72. The van der Waals surface area contributed by atoms with Crippen LogP contribution in [-0.2, 0) is 11.0 Å². The third-order valence-electron chi connectivity index (χ3n) is 4.72. The minimum absolute atomic E-state index is 0. The quantitative estimate of drug-likeness (QED) is 0.428. The summed E-state index contributed by atoms with van der Waals surface area (Å²) in [5.74, 6) is 0.145. The van der Waals surface area contributed by atoms with Crippen molar-refractivity contribution in [1.29, 1.82) is 0 Å². The third kappa shape index (κ3) is 7.90. The summed E-state index contributed by atoms with van der Waals surface area (Å²) in [5, 5.41) is 0. The van der Waals surface area contributed by atoms with Gasteiger partial charge in [-0.25, -0.2) is 4.21 Å². The summed E-state index contributed by atoms with van der Waals surface area (Å²) in [7, 11) is -1.19. The molecule has 0 aliphatic heterocycles. The first-order valence-corrected chi connectivity index (χ1v) is 10.6. The number of ketones is 1. The van der Waals surface area contributed by atoms with E-state index in [0.717, 1.165) is 22.4 Å². The van der Waals surface area contributed by atoms with Crippen molar-refractivity contribution < 1.29 is 9.00 Å². The van der Waals surface area contributed by atoms with E-state index in [-0.39, 0.29) is 24.0 Å². The first-order chi connectivity index (χ1) is 12.9. The molecule has 2 aromatic carbocycles. The van der Waals surface area contributed by atoms with E-state index in [2.05, 4.69) is 24.3 Å². The van der Waals surface area contributed by atoms with E-state index in [1.165, 1.54) is 16.7 Å². The molecule has 29 heavy (non-hydrogen) atoms. The van der Waals surface area contributed by atoms with Gasteiger partial charge in [0.2, 0.25) is 0 Å². The lowest BCUT2D eigenvalue weighted by atomic mass is 10.0. The molecular weight excluding hydrogens is 398 g/mol. The van der Waals surface area contributed by atoms with E-state index in [0.29, 0.717) is 0 Å². The molecule has 0 fully saturated rings. The molecule has 1 atom stereocenters. The number of benzene rings is 2. The topological polar surface area (TPSA) is 46.5 Å². The summed E-state index contributed by atoms with van der Waals surface area (Å²) in [6.45, 7) is 17.5. The SMILES string of the molecule is CC(=N[S@@](=O)C(C)(C)C)c1cccc(C)c1C.CC(=O)c1cccc(C)c1C.S. The standard InChI is InChI=1S/C14H21NOS.C10H12O.H2S/c1-10-8-7-9-13(11(10)2)12(3)15-17(16)14(4,5)6;1-7-5-4-6-10(8(7)2)9(3)11;/h7-9H,1-6H3;4-6H,1-3H3;1H2/t17-;;/m0../s1. The van der Waals surface area contributed by atoms with Crippen LogP contribution in [0.1, 0.15) is 72.8 Å². The molecule has 5 heteroatoms. The molecule has 160 valence electrons. The molecule has 0 radical (unpaired) electrons. The number of hydrogen-bond donors (Lipinski definition) is 0. The zero-order chi connectivity index (χ0) is 21.6. The van der Waals surface area contributed by atoms with Crippen LogP contribution in [0.4, 0.5) is 0 Å². The second-order valence-electron chi connectivity index (χ2n) is 8.09. The van der Waals surface area contributed by atoms with Gasteiger partial charge in [-0.3, -0.25) is 4.79 Å². The lowest BCUT2D eigenvalue weighted by Crippen LogP contribution is -2.20. The van der Waals surface area contributed by atoms with Crippen LogP contribution in [0, 0.1) is 27.7 Å². The van der Waals surface area contributed by atoms with Gasteiger partial charge in [0.1, 0.15) is 11.0 Å². The number of hydrogen-bond acceptors (Lipinski definition) is 2. The van der Waals surface area contributed by atoms with Gasteiger partial charge < -0.3 is 0 Å². The average molecular weight is 434 g/mol. The van der Waals surface area contributed by atoms with E-state index in [9.17, 15) is 9.00 Å². The maximum atomic E-state index is 12.0. The molecule has 0 saturated carbocycles. The van der Waals surface area contributed by atoms with Gasteiger partial charge in [0.15, 0.2) is 5.78 Å². The van der Waals surface area contributed by atoms with Crippen molar-refractivity contribution in [3.05, 3.63) is 69.8 Å². The van der Waals surface area contributed by atoms with Crippen molar-refractivity contribution in [2.75, 3.05) is 0 Å². The van der Waals surface area contributed by atoms with Crippen LogP contribution < -0.4 is 0 Å². The van der Waals surface area contributed by atoms with Crippen LogP contribution in [0.25, 0.3) is 0 Å². The van der Waals surface area contributed by atoms with E-state index < -0.39 is 11.0 Å². The number of rotatable bonds is 3. The number of carbonyl (C=O) groups excluding carboxylic acids is 1. The predicted octanol–water partition coefficient (Wildman–Crippen LogP) is 6.19. The molecule has 0 spiro atoms. The Labute approximate surface area is 186 Å². The smallest absolute Gasteiger partial charge is 0.160 e. The number of Topliss-reactive ketones (excluding diaryl/α,β-unsaturated/α-hetero) is 1. The van der Waals surface area contributed by atoms with Crippen LogP contribution in [0.2, 0.25) is 0 Å². The summed E-state index contributed by atoms with van der Waals surface area (Å²) in [6.07, 6.45) is 0. The highest BCUT2D eigenvalue weighted by Gasteiger charge is 2.19. The third-order valence-corrected chi connectivity index (χ3v) is 6.21. The lowest BCUT2D eigenvalue weighted by Gasteiger charge is -2.15. The maximum absolute atomic E-state index is 12.0. The molecule has 2 rings (SSSR count). The predicted molar refractivity (Wildman–Crippen MR) is 132 cm³/mol. The molecule has 0 aromatic heterocycles. The normalized spacial score (nSPS) is 12.4. The van der Waals surface area contributed by atoms with Crippen LogP contribution in [0.5, 0.6) is 0 Å². The van der Waals surface area contributed by atoms with Crippen molar-refractivity contribution in [1.82, 2.24) is 0 Å². The largest absolute Gasteiger partial charge is 0.295 e. The molecule has 2 aromatic rings. The van der Waals surface area contributed by atoms with Crippen LogP contribution in [-0.4, -0.2) is 20.5 Å². The second-order valence-corrected chi connectivity index (χ2v) is 9.99. The fraction of sp³-hybridized carbons (Fsp3) is 0.417. The highest BCUT2D eigenvalue weighted by Crippen LogP contribution is 2.17. The highest BCUT2D eigenvalue weighted by molar-refractivity contribution is 7.85. The molecule has 3 nitrogen and oxygen atoms in total. The molecule has 0 aliphatic rings. The number of aryl methyl sites for hydroxylation is 2. The van der Waals surface area contributed by atoms with Gasteiger partial charge in [0.25, 0.3) is 0 Å².